The predicted octanol–water partition coefficient (Wildman–Crippen LogP) is 2.42. The van der Waals surface area contributed by atoms with E-state index in [9.17, 15) is 0 Å². The average molecular weight is 290 g/mol. The predicted molar refractivity (Wildman–Crippen MR) is 91.7 cm³/mol. The Hall–Kier alpha value is -1.55. The molecule has 0 aliphatic rings. The van der Waals surface area contributed by atoms with Crippen molar-refractivity contribution >= 4 is 5.96 Å². The standard InChI is InChI=1S/C17H30N4/c1-6-21(15(2)3)13-12-18-17(20(4)5)19-14-16-10-8-7-9-11-16/h7-11,15H,6,12-14H2,1-5H3,(H,18,19). The van der Waals surface area contributed by atoms with Crippen LogP contribution in [-0.2, 0) is 6.54 Å². The molecule has 1 N–H and O–H groups in total. The number of rotatable bonds is 7. The molecule has 0 saturated carbocycles. The zero-order valence-corrected chi connectivity index (χ0v) is 14.1. The first-order valence-corrected chi connectivity index (χ1v) is 7.78. The lowest BCUT2D eigenvalue weighted by molar-refractivity contribution is 0.237. The summed E-state index contributed by atoms with van der Waals surface area (Å²) in [5.41, 5.74) is 1.23. The number of nitrogens with one attached hydrogen (secondary N) is 1. The van der Waals surface area contributed by atoms with E-state index in [1.165, 1.54) is 5.56 Å². The molecule has 0 heterocycles. The summed E-state index contributed by atoms with van der Waals surface area (Å²) in [5.74, 6) is 0.943. The van der Waals surface area contributed by atoms with Crippen molar-refractivity contribution in [2.45, 2.75) is 33.4 Å². The first kappa shape index (κ1) is 17.5. The van der Waals surface area contributed by atoms with E-state index in [4.69, 9.17) is 0 Å². The molecule has 4 heteroatoms. The summed E-state index contributed by atoms with van der Waals surface area (Å²) in [5, 5.41) is 3.44. The van der Waals surface area contributed by atoms with Crippen molar-refractivity contribution in [2.24, 2.45) is 4.99 Å². The van der Waals surface area contributed by atoms with Gasteiger partial charge in [-0.2, -0.15) is 0 Å². The van der Waals surface area contributed by atoms with Crippen LogP contribution in [0.2, 0.25) is 0 Å². The molecule has 1 rings (SSSR count). The molecule has 0 spiro atoms. The van der Waals surface area contributed by atoms with Crippen LogP contribution in [0.5, 0.6) is 0 Å². The van der Waals surface area contributed by atoms with Crippen LogP contribution in [0.4, 0.5) is 0 Å². The van der Waals surface area contributed by atoms with E-state index in [2.05, 4.69) is 60.2 Å². The quantitative estimate of drug-likeness (QED) is 0.618. The molecule has 0 fully saturated rings. The van der Waals surface area contributed by atoms with Gasteiger partial charge in [-0.25, -0.2) is 4.99 Å². The second-order valence-electron chi connectivity index (χ2n) is 5.67. The van der Waals surface area contributed by atoms with E-state index < -0.39 is 0 Å². The summed E-state index contributed by atoms with van der Waals surface area (Å²) >= 11 is 0. The van der Waals surface area contributed by atoms with Crippen LogP contribution in [-0.4, -0.2) is 55.5 Å². The third-order valence-electron chi connectivity index (χ3n) is 3.50. The summed E-state index contributed by atoms with van der Waals surface area (Å²) in [4.78, 5) is 9.15. The molecule has 0 amide bonds. The Kier molecular flexibility index (Phi) is 7.83. The molecule has 0 aliphatic carbocycles. The number of guanidine groups is 1. The fraction of sp³-hybridized carbons (Fsp3) is 0.588. The fourth-order valence-corrected chi connectivity index (χ4v) is 2.20. The summed E-state index contributed by atoms with van der Waals surface area (Å²) in [6.07, 6.45) is 0. The normalized spacial score (nSPS) is 12.0. The number of likely N-dealkylation sites (N-methyl/N-ethyl adjacent to an activating group) is 1. The van der Waals surface area contributed by atoms with E-state index in [1.807, 2.05) is 25.1 Å². The maximum Gasteiger partial charge on any atom is 0.193 e. The second-order valence-corrected chi connectivity index (χ2v) is 5.67. The fourth-order valence-electron chi connectivity index (χ4n) is 2.20. The van der Waals surface area contributed by atoms with Gasteiger partial charge in [0, 0.05) is 33.2 Å². The van der Waals surface area contributed by atoms with Gasteiger partial charge in [0.05, 0.1) is 6.54 Å². The molecule has 21 heavy (non-hydrogen) atoms. The molecule has 0 aromatic heterocycles. The minimum absolute atomic E-state index is 0.584. The van der Waals surface area contributed by atoms with Gasteiger partial charge in [0.1, 0.15) is 0 Å². The molecular formula is C17H30N4. The van der Waals surface area contributed by atoms with Crippen molar-refractivity contribution in [3.05, 3.63) is 35.9 Å². The summed E-state index contributed by atoms with van der Waals surface area (Å²) in [7, 11) is 4.05. The number of benzene rings is 1. The Balaban J connectivity index is 2.50. The Labute approximate surface area is 129 Å². The minimum Gasteiger partial charge on any atom is -0.355 e. The van der Waals surface area contributed by atoms with E-state index in [1.54, 1.807) is 0 Å². The Morgan fingerprint density at radius 2 is 1.86 bits per heavy atom. The van der Waals surface area contributed by atoms with Crippen LogP contribution in [0.1, 0.15) is 26.3 Å². The van der Waals surface area contributed by atoms with Gasteiger partial charge >= 0.3 is 0 Å². The Morgan fingerprint density at radius 1 is 1.19 bits per heavy atom. The molecule has 0 radical (unpaired) electrons. The minimum atomic E-state index is 0.584. The molecule has 4 nitrogen and oxygen atoms in total. The van der Waals surface area contributed by atoms with E-state index in [-0.39, 0.29) is 0 Å². The Morgan fingerprint density at radius 3 is 2.38 bits per heavy atom. The highest BCUT2D eigenvalue weighted by atomic mass is 15.3. The smallest absolute Gasteiger partial charge is 0.193 e. The van der Waals surface area contributed by atoms with E-state index in [0.717, 1.165) is 25.6 Å². The van der Waals surface area contributed by atoms with Gasteiger partial charge in [0.15, 0.2) is 5.96 Å². The van der Waals surface area contributed by atoms with Gasteiger partial charge < -0.3 is 10.2 Å². The zero-order chi connectivity index (χ0) is 15.7. The molecule has 0 unspecified atom stereocenters. The molecule has 0 atom stereocenters. The van der Waals surface area contributed by atoms with Crippen LogP contribution < -0.4 is 5.32 Å². The van der Waals surface area contributed by atoms with E-state index >= 15 is 0 Å². The molecular weight excluding hydrogens is 260 g/mol. The number of hydrogen-bond acceptors (Lipinski definition) is 2. The molecule has 118 valence electrons. The van der Waals surface area contributed by atoms with Crippen molar-refractivity contribution in [3.63, 3.8) is 0 Å². The largest absolute Gasteiger partial charge is 0.355 e. The van der Waals surface area contributed by atoms with Crippen molar-refractivity contribution < 1.29 is 0 Å². The van der Waals surface area contributed by atoms with Crippen molar-refractivity contribution in [1.29, 1.82) is 0 Å². The summed E-state index contributed by atoms with van der Waals surface area (Å²) < 4.78 is 0. The van der Waals surface area contributed by atoms with E-state index in [0.29, 0.717) is 12.6 Å². The second kappa shape index (κ2) is 9.40. The lowest BCUT2D eigenvalue weighted by Crippen LogP contribution is -2.42. The van der Waals surface area contributed by atoms with Gasteiger partial charge in [-0.1, -0.05) is 37.3 Å². The molecule has 0 aliphatic heterocycles. The van der Waals surface area contributed by atoms with Gasteiger partial charge in [0.25, 0.3) is 0 Å². The number of aliphatic imine (C=N–C) groups is 1. The maximum absolute atomic E-state index is 4.67. The molecule has 0 saturated heterocycles. The highest BCUT2D eigenvalue weighted by molar-refractivity contribution is 5.79. The van der Waals surface area contributed by atoms with Crippen LogP contribution in [0.3, 0.4) is 0 Å². The molecule has 1 aromatic carbocycles. The van der Waals surface area contributed by atoms with Crippen molar-refractivity contribution in [2.75, 3.05) is 33.7 Å². The first-order chi connectivity index (χ1) is 10.0. The third kappa shape index (κ3) is 6.63. The maximum atomic E-state index is 4.67. The van der Waals surface area contributed by atoms with Crippen molar-refractivity contribution in [3.8, 4) is 0 Å². The van der Waals surface area contributed by atoms with Crippen LogP contribution >= 0.6 is 0 Å². The van der Waals surface area contributed by atoms with Crippen LogP contribution in [0, 0.1) is 0 Å². The highest BCUT2D eigenvalue weighted by Crippen LogP contribution is 2.01. The first-order valence-electron chi connectivity index (χ1n) is 7.78. The van der Waals surface area contributed by atoms with Gasteiger partial charge in [-0.05, 0) is 26.0 Å². The average Bonchev–Trinajstić information content (AvgIpc) is 2.46. The topological polar surface area (TPSA) is 30.9 Å². The third-order valence-corrected chi connectivity index (χ3v) is 3.50. The summed E-state index contributed by atoms with van der Waals surface area (Å²) in [6.45, 7) is 10.4. The van der Waals surface area contributed by atoms with Gasteiger partial charge in [-0.15, -0.1) is 0 Å². The zero-order valence-electron chi connectivity index (χ0n) is 14.1. The Bertz CT molecular complexity index is 412. The SMILES string of the molecule is CCN(CCNC(=NCc1ccccc1)N(C)C)C(C)C. The van der Waals surface area contributed by atoms with Crippen LogP contribution in [0.25, 0.3) is 0 Å². The lowest BCUT2D eigenvalue weighted by atomic mass is 10.2. The summed E-state index contributed by atoms with van der Waals surface area (Å²) in [6, 6.07) is 10.9. The number of nitrogens with zero attached hydrogens (tertiary/aromatic N) is 3. The highest BCUT2D eigenvalue weighted by Gasteiger charge is 2.07. The van der Waals surface area contributed by atoms with Crippen molar-refractivity contribution in [1.82, 2.24) is 15.1 Å². The van der Waals surface area contributed by atoms with Gasteiger partial charge in [0.2, 0.25) is 0 Å². The molecule has 0 bridgehead atoms. The van der Waals surface area contributed by atoms with Gasteiger partial charge in [-0.3, -0.25) is 4.90 Å². The van der Waals surface area contributed by atoms with Crippen LogP contribution in [0.15, 0.2) is 35.3 Å². The number of hydrogen-bond donors (Lipinski definition) is 1. The molecule has 1 aromatic rings. The monoisotopic (exact) mass is 290 g/mol. The lowest BCUT2D eigenvalue weighted by Gasteiger charge is -2.26.